The largest absolute Gasteiger partial charge is 0.495 e. The zero-order valence-electron chi connectivity index (χ0n) is 16.7. The Bertz CT molecular complexity index is 490. The molecule has 0 atom stereocenters. The highest BCUT2D eigenvalue weighted by Gasteiger charge is 1.99. The molecule has 3 heteroatoms. The van der Waals surface area contributed by atoms with Crippen molar-refractivity contribution in [2.75, 3.05) is 7.11 Å². The van der Waals surface area contributed by atoms with Gasteiger partial charge in [0.25, 0.3) is 0 Å². The van der Waals surface area contributed by atoms with Gasteiger partial charge < -0.3 is 4.74 Å². The summed E-state index contributed by atoms with van der Waals surface area (Å²) in [6, 6.07) is 13.5. The summed E-state index contributed by atoms with van der Waals surface area (Å²) in [5.41, 5.74) is 2.18. The topological polar surface area (TPSA) is 9.23 Å². The predicted octanol–water partition coefficient (Wildman–Crippen LogP) is 8.38. The Morgan fingerprint density at radius 2 is 1.12 bits per heavy atom. The minimum Gasteiger partial charge on any atom is -0.495 e. The minimum atomic E-state index is 0.699. The fraction of sp³-hybridized carbons (Fsp3) is 0.429. The molecule has 2 aromatic carbocycles. The molecule has 0 saturated heterocycles. The lowest BCUT2D eigenvalue weighted by atomic mass is 10.2. The molecule has 2 aromatic rings. The van der Waals surface area contributed by atoms with E-state index in [-0.39, 0.29) is 0 Å². The Morgan fingerprint density at radius 3 is 1.46 bits per heavy atom. The molecule has 0 aliphatic heterocycles. The normalized spacial score (nSPS) is 7.79. The maximum atomic E-state index is 5.87. The molecule has 0 unspecified atom stereocenters. The van der Waals surface area contributed by atoms with Crippen LogP contribution in [-0.4, -0.2) is 7.11 Å². The number of aryl methyl sites for hydroxylation is 2. The SMILES string of the molecule is CC.CC.CC.COc1cccc(C)c1Cl.Cc1ccccc1Cl. The van der Waals surface area contributed by atoms with E-state index in [1.807, 2.05) is 97.9 Å². The van der Waals surface area contributed by atoms with Crippen LogP contribution in [0.4, 0.5) is 0 Å². The van der Waals surface area contributed by atoms with Crippen molar-refractivity contribution in [3.8, 4) is 5.75 Å². The molecule has 0 aromatic heterocycles. The third-order valence-electron chi connectivity index (χ3n) is 2.45. The van der Waals surface area contributed by atoms with Gasteiger partial charge in [0, 0.05) is 5.02 Å². The number of rotatable bonds is 1. The number of halogens is 2. The third kappa shape index (κ3) is 12.3. The van der Waals surface area contributed by atoms with Crippen LogP contribution in [0.1, 0.15) is 52.7 Å². The summed E-state index contributed by atoms with van der Waals surface area (Å²) in [5, 5.41) is 1.54. The molecule has 0 bridgehead atoms. The van der Waals surface area contributed by atoms with Gasteiger partial charge in [-0.2, -0.15) is 0 Å². The Kier molecular flexibility index (Phi) is 22.9. The van der Waals surface area contributed by atoms with Gasteiger partial charge in [0.15, 0.2) is 0 Å². The molecule has 0 saturated carbocycles. The fourth-order valence-electron chi connectivity index (χ4n) is 1.33. The van der Waals surface area contributed by atoms with Crippen LogP contribution in [0.5, 0.6) is 5.75 Å². The van der Waals surface area contributed by atoms with E-state index >= 15 is 0 Å². The van der Waals surface area contributed by atoms with E-state index < -0.39 is 0 Å². The molecule has 2 rings (SSSR count). The van der Waals surface area contributed by atoms with E-state index in [9.17, 15) is 0 Å². The Labute approximate surface area is 160 Å². The Morgan fingerprint density at radius 1 is 0.667 bits per heavy atom. The summed E-state index contributed by atoms with van der Waals surface area (Å²) in [4.78, 5) is 0. The van der Waals surface area contributed by atoms with Crippen LogP contribution < -0.4 is 4.74 Å². The van der Waals surface area contributed by atoms with Crippen LogP contribution in [-0.2, 0) is 0 Å². The summed E-state index contributed by atoms with van der Waals surface area (Å²) < 4.78 is 4.99. The average Bonchev–Trinajstić information content (AvgIpc) is 2.65. The highest BCUT2D eigenvalue weighted by Crippen LogP contribution is 2.26. The summed E-state index contributed by atoms with van der Waals surface area (Å²) in [6.07, 6.45) is 0. The molecule has 0 aliphatic carbocycles. The van der Waals surface area contributed by atoms with E-state index in [0.717, 1.165) is 21.9 Å². The smallest absolute Gasteiger partial charge is 0.137 e. The number of ether oxygens (including phenoxy) is 1. The van der Waals surface area contributed by atoms with Crippen molar-refractivity contribution >= 4 is 23.2 Å². The first-order valence-corrected chi connectivity index (χ1v) is 9.32. The fourth-order valence-corrected chi connectivity index (χ4v) is 1.67. The van der Waals surface area contributed by atoms with Crippen molar-refractivity contribution in [3.05, 3.63) is 63.6 Å². The van der Waals surface area contributed by atoms with Crippen LogP contribution in [0.3, 0.4) is 0 Å². The molecule has 24 heavy (non-hydrogen) atoms. The molecule has 0 N–H and O–H groups in total. The van der Waals surface area contributed by atoms with Gasteiger partial charge in [0.2, 0.25) is 0 Å². The average molecular weight is 373 g/mol. The highest BCUT2D eigenvalue weighted by molar-refractivity contribution is 6.32. The number of benzene rings is 2. The monoisotopic (exact) mass is 372 g/mol. The maximum Gasteiger partial charge on any atom is 0.137 e. The quantitative estimate of drug-likeness (QED) is 0.488. The first-order valence-electron chi connectivity index (χ1n) is 8.56. The second kappa shape index (κ2) is 19.9. The van der Waals surface area contributed by atoms with Gasteiger partial charge in [-0.1, -0.05) is 95.1 Å². The molecule has 138 valence electrons. The first-order chi connectivity index (χ1) is 11.6. The summed E-state index contributed by atoms with van der Waals surface area (Å²) >= 11 is 11.6. The van der Waals surface area contributed by atoms with E-state index in [2.05, 4.69) is 0 Å². The summed E-state index contributed by atoms with van der Waals surface area (Å²) in [6.45, 7) is 15.9. The maximum absolute atomic E-state index is 5.87. The second-order valence-corrected chi connectivity index (χ2v) is 4.63. The van der Waals surface area contributed by atoms with Crippen molar-refractivity contribution < 1.29 is 4.74 Å². The lowest BCUT2D eigenvalue weighted by Gasteiger charge is -2.03. The second-order valence-electron chi connectivity index (χ2n) is 3.84. The van der Waals surface area contributed by atoms with E-state index in [0.29, 0.717) is 5.02 Å². The van der Waals surface area contributed by atoms with Crippen molar-refractivity contribution in [2.24, 2.45) is 0 Å². The Balaban J connectivity index is -0.000000284. The molecular formula is C21H34Cl2O. The molecule has 1 nitrogen and oxygen atoms in total. The van der Waals surface area contributed by atoms with E-state index in [4.69, 9.17) is 27.9 Å². The van der Waals surface area contributed by atoms with Crippen LogP contribution >= 0.6 is 23.2 Å². The van der Waals surface area contributed by atoms with E-state index in [1.54, 1.807) is 7.11 Å². The number of hydrogen-bond acceptors (Lipinski definition) is 1. The molecule has 0 amide bonds. The molecule has 0 aliphatic rings. The van der Waals surface area contributed by atoms with Gasteiger partial charge in [-0.3, -0.25) is 0 Å². The standard InChI is InChI=1S/C8H9ClO.C7H7Cl.3C2H6/c1-6-4-3-5-7(10-2)8(6)9;1-6-4-2-3-5-7(6)8;3*1-2/h3-5H,1-2H3;2-5H,1H3;3*1-2H3. The van der Waals surface area contributed by atoms with Gasteiger partial charge in [0.05, 0.1) is 12.1 Å². The molecule has 0 radical (unpaired) electrons. The van der Waals surface area contributed by atoms with Gasteiger partial charge in [0.1, 0.15) is 5.75 Å². The van der Waals surface area contributed by atoms with Gasteiger partial charge in [-0.05, 0) is 37.1 Å². The van der Waals surface area contributed by atoms with Crippen molar-refractivity contribution in [1.29, 1.82) is 0 Å². The van der Waals surface area contributed by atoms with Crippen LogP contribution in [0.25, 0.3) is 0 Å². The van der Waals surface area contributed by atoms with E-state index in [1.165, 1.54) is 0 Å². The van der Waals surface area contributed by atoms with Crippen molar-refractivity contribution in [2.45, 2.75) is 55.4 Å². The molecule has 0 heterocycles. The summed E-state index contributed by atoms with van der Waals surface area (Å²) in [5.74, 6) is 0.738. The zero-order valence-corrected chi connectivity index (χ0v) is 18.2. The zero-order chi connectivity index (χ0) is 19.5. The van der Waals surface area contributed by atoms with Gasteiger partial charge in [-0.15, -0.1) is 0 Å². The van der Waals surface area contributed by atoms with Crippen LogP contribution in [0.15, 0.2) is 42.5 Å². The van der Waals surface area contributed by atoms with Gasteiger partial charge >= 0.3 is 0 Å². The highest BCUT2D eigenvalue weighted by atomic mass is 35.5. The molecular weight excluding hydrogens is 339 g/mol. The summed E-state index contributed by atoms with van der Waals surface area (Å²) in [7, 11) is 1.61. The molecule has 0 fully saturated rings. The number of hydrogen-bond donors (Lipinski definition) is 0. The first kappa shape index (κ1) is 27.7. The predicted molar refractivity (Wildman–Crippen MR) is 113 cm³/mol. The molecule has 0 spiro atoms. The van der Waals surface area contributed by atoms with Crippen LogP contribution in [0.2, 0.25) is 10.0 Å². The van der Waals surface area contributed by atoms with Crippen LogP contribution in [0, 0.1) is 13.8 Å². The van der Waals surface area contributed by atoms with Crippen molar-refractivity contribution in [1.82, 2.24) is 0 Å². The minimum absolute atomic E-state index is 0.699. The third-order valence-corrected chi connectivity index (χ3v) is 3.36. The lowest BCUT2D eigenvalue weighted by Crippen LogP contribution is -1.84. The Hall–Kier alpha value is -1.18. The van der Waals surface area contributed by atoms with Crippen molar-refractivity contribution in [3.63, 3.8) is 0 Å². The lowest BCUT2D eigenvalue weighted by molar-refractivity contribution is 0.414. The van der Waals surface area contributed by atoms with Gasteiger partial charge in [-0.25, -0.2) is 0 Å². The number of methoxy groups -OCH3 is 1.